The fourth-order valence-corrected chi connectivity index (χ4v) is 3.43. The lowest BCUT2D eigenvalue weighted by atomic mass is 9.86. The van der Waals surface area contributed by atoms with Crippen LogP contribution in [-0.2, 0) is 5.75 Å². The fourth-order valence-electron chi connectivity index (χ4n) is 2.69. The first-order chi connectivity index (χ1) is 9.83. The number of nitrogens with one attached hydrogen (secondary N) is 1. The lowest BCUT2D eigenvalue weighted by molar-refractivity contribution is 0.282. The number of thioether (sulfide) groups is 1. The van der Waals surface area contributed by atoms with Gasteiger partial charge in [-0.3, -0.25) is 0 Å². The zero-order valence-electron chi connectivity index (χ0n) is 12.7. The van der Waals surface area contributed by atoms with Crippen molar-refractivity contribution in [2.45, 2.75) is 70.1 Å². The topological polar surface area (TPSA) is 51.0 Å². The molecule has 0 bridgehead atoms. The molecule has 4 nitrogen and oxygen atoms in total. The van der Waals surface area contributed by atoms with Crippen LogP contribution in [0.3, 0.4) is 0 Å². The number of nitrogens with zero attached hydrogens (tertiary/aromatic N) is 2. The second kappa shape index (κ2) is 8.67. The molecule has 1 heterocycles. The van der Waals surface area contributed by atoms with Crippen LogP contribution in [0.2, 0.25) is 0 Å². The summed E-state index contributed by atoms with van der Waals surface area (Å²) in [5.74, 6) is 4.26. The molecule has 1 saturated carbocycles. The van der Waals surface area contributed by atoms with Gasteiger partial charge in [0.1, 0.15) is 0 Å². The van der Waals surface area contributed by atoms with Crippen LogP contribution in [0.4, 0.5) is 0 Å². The van der Waals surface area contributed by atoms with Crippen LogP contribution in [0.25, 0.3) is 0 Å². The van der Waals surface area contributed by atoms with Crippen LogP contribution in [0.5, 0.6) is 0 Å². The van der Waals surface area contributed by atoms with Gasteiger partial charge >= 0.3 is 0 Å². The van der Waals surface area contributed by atoms with E-state index in [-0.39, 0.29) is 0 Å². The molecule has 114 valence electrons. The Morgan fingerprint density at radius 3 is 2.70 bits per heavy atom. The Balaban J connectivity index is 1.75. The number of hydrogen-bond donors (Lipinski definition) is 1. The molecular formula is C15H27N3OS. The Morgan fingerprint density at radius 2 is 2.00 bits per heavy atom. The van der Waals surface area contributed by atoms with E-state index in [1.165, 1.54) is 38.5 Å². The molecule has 0 amide bonds. The van der Waals surface area contributed by atoms with Crippen molar-refractivity contribution in [3.63, 3.8) is 0 Å². The molecule has 1 N–H and O–H groups in total. The van der Waals surface area contributed by atoms with Crippen molar-refractivity contribution in [2.24, 2.45) is 0 Å². The van der Waals surface area contributed by atoms with Crippen LogP contribution in [0.1, 0.15) is 70.0 Å². The van der Waals surface area contributed by atoms with Gasteiger partial charge in [-0.2, -0.15) is 16.7 Å². The van der Waals surface area contributed by atoms with Gasteiger partial charge in [0.25, 0.3) is 0 Å². The highest BCUT2D eigenvalue weighted by molar-refractivity contribution is 7.98. The summed E-state index contributed by atoms with van der Waals surface area (Å²) in [4.78, 5) is 4.57. The summed E-state index contributed by atoms with van der Waals surface area (Å²) in [5.41, 5.74) is 0. The van der Waals surface area contributed by atoms with Gasteiger partial charge in [0.2, 0.25) is 5.89 Å². The van der Waals surface area contributed by atoms with Crippen molar-refractivity contribution in [1.29, 1.82) is 0 Å². The zero-order chi connectivity index (χ0) is 14.2. The molecule has 1 aliphatic rings. The highest BCUT2D eigenvalue weighted by atomic mass is 32.2. The van der Waals surface area contributed by atoms with Crippen LogP contribution >= 0.6 is 11.8 Å². The van der Waals surface area contributed by atoms with Gasteiger partial charge in [0, 0.05) is 12.0 Å². The van der Waals surface area contributed by atoms with E-state index in [1.807, 2.05) is 11.8 Å². The minimum absolute atomic E-state index is 0.479. The molecular weight excluding hydrogens is 270 g/mol. The Hall–Kier alpha value is -0.550. The van der Waals surface area contributed by atoms with E-state index in [4.69, 9.17) is 4.52 Å². The first kappa shape index (κ1) is 15.8. The third-order valence-electron chi connectivity index (χ3n) is 3.82. The summed E-state index contributed by atoms with van der Waals surface area (Å²) in [6.45, 7) is 5.55. The van der Waals surface area contributed by atoms with Gasteiger partial charge in [-0.05, 0) is 50.8 Å². The molecule has 0 atom stereocenters. The summed E-state index contributed by atoms with van der Waals surface area (Å²) in [6.07, 6.45) is 7.21. The summed E-state index contributed by atoms with van der Waals surface area (Å²) in [5, 5.41) is 7.72. The average molecular weight is 297 g/mol. The SMILES string of the molecule is CCCNC1CCC(c2nc(CSCCC)no2)CC1. The quantitative estimate of drug-likeness (QED) is 0.741. The molecule has 5 heteroatoms. The highest BCUT2D eigenvalue weighted by Gasteiger charge is 2.25. The van der Waals surface area contributed by atoms with E-state index in [9.17, 15) is 0 Å². The van der Waals surface area contributed by atoms with Crippen molar-refractivity contribution in [2.75, 3.05) is 12.3 Å². The minimum atomic E-state index is 0.479. The normalized spacial score (nSPS) is 23.1. The Morgan fingerprint density at radius 1 is 1.20 bits per heavy atom. The molecule has 1 aromatic heterocycles. The van der Waals surface area contributed by atoms with E-state index in [0.717, 1.165) is 29.8 Å². The lowest BCUT2D eigenvalue weighted by Gasteiger charge is -2.27. The number of rotatable bonds is 8. The van der Waals surface area contributed by atoms with Crippen molar-refractivity contribution in [3.05, 3.63) is 11.7 Å². The molecule has 1 fully saturated rings. The van der Waals surface area contributed by atoms with E-state index in [1.54, 1.807) is 0 Å². The van der Waals surface area contributed by atoms with Crippen molar-refractivity contribution >= 4 is 11.8 Å². The number of hydrogen-bond acceptors (Lipinski definition) is 5. The minimum Gasteiger partial charge on any atom is -0.339 e. The van der Waals surface area contributed by atoms with Gasteiger partial charge in [0.05, 0.1) is 5.75 Å². The molecule has 1 aromatic rings. The number of aromatic nitrogens is 2. The van der Waals surface area contributed by atoms with Crippen molar-refractivity contribution in [1.82, 2.24) is 15.5 Å². The molecule has 1 aliphatic carbocycles. The maximum atomic E-state index is 5.46. The summed E-state index contributed by atoms with van der Waals surface area (Å²) >= 11 is 1.88. The second-order valence-corrected chi connectivity index (χ2v) is 6.71. The molecule has 0 unspecified atom stereocenters. The van der Waals surface area contributed by atoms with Crippen LogP contribution in [0, 0.1) is 0 Å². The molecule has 20 heavy (non-hydrogen) atoms. The van der Waals surface area contributed by atoms with Crippen molar-refractivity contribution < 1.29 is 4.52 Å². The predicted molar refractivity (Wildman–Crippen MR) is 84.0 cm³/mol. The summed E-state index contributed by atoms with van der Waals surface area (Å²) in [6, 6.07) is 0.689. The first-order valence-corrected chi connectivity index (χ1v) is 9.12. The summed E-state index contributed by atoms with van der Waals surface area (Å²) in [7, 11) is 0. The van der Waals surface area contributed by atoms with Crippen LogP contribution < -0.4 is 5.32 Å². The van der Waals surface area contributed by atoms with Gasteiger partial charge in [-0.15, -0.1) is 0 Å². The standard InChI is InChI=1S/C15H27N3OS/c1-3-9-16-13-7-5-12(6-8-13)15-17-14(18-19-15)11-20-10-4-2/h12-13,16H,3-11H2,1-2H3. The van der Waals surface area contributed by atoms with Crippen LogP contribution in [-0.4, -0.2) is 28.5 Å². The van der Waals surface area contributed by atoms with E-state index < -0.39 is 0 Å². The maximum absolute atomic E-state index is 5.46. The molecule has 0 aromatic carbocycles. The first-order valence-electron chi connectivity index (χ1n) is 7.97. The fraction of sp³-hybridized carbons (Fsp3) is 0.867. The Labute approximate surface area is 126 Å². The maximum Gasteiger partial charge on any atom is 0.229 e. The van der Waals surface area contributed by atoms with Crippen molar-refractivity contribution in [3.8, 4) is 0 Å². The third kappa shape index (κ3) is 4.77. The second-order valence-electron chi connectivity index (χ2n) is 5.60. The van der Waals surface area contributed by atoms with Gasteiger partial charge in [-0.1, -0.05) is 19.0 Å². The Kier molecular flexibility index (Phi) is 6.87. The molecule has 2 rings (SSSR count). The van der Waals surface area contributed by atoms with Gasteiger partial charge < -0.3 is 9.84 Å². The smallest absolute Gasteiger partial charge is 0.229 e. The summed E-state index contributed by atoms with van der Waals surface area (Å²) < 4.78 is 5.46. The highest BCUT2D eigenvalue weighted by Crippen LogP contribution is 2.32. The van der Waals surface area contributed by atoms with E-state index >= 15 is 0 Å². The molecule has 0 spiro atoms. The largest absolute Gasteiger partial charge is 0.339 e. The molecule has 0 radical (unpaired) electrons. The Bertz CT molecular complexity index is 375. The predicted octanol–water partition coefficient (Wildman–Crippen LogP) is 3.74. The van der Waals surface area contributed by atoms with E-state index in [0.29, 0.717) is 12.0 Å². The van der Waals surface area contributed by atoms with Gasteiger partial charge in [-0.25, -0.2) is 0 Å². The molecule has 0 saturated heterocycles. The van der Waals surface area contributed by atoms with E-state index in [2.05, 4.69) is 29.3 Å². The van der Waals surface area contributed by atoms with Crippen LogP contribution in [0.15, 0.2) is 4.52 Å². The zero-order valence-corrected chi connectivity index (χ0v) is 13.5. The lowest BCUT2D eigenvalue weighted by Crippen LogP contribution is -2.33. The van der Waals surface area contributed by atoms with Gasteiger partial charge in [0.15, 0.2) is 5.82 Å². The molecule has 0 aliphatic heterocycles. The average Bonchev–Trinajstić information content (AvgIpc) is 2.95. The third-order valence-corrected chi connectivity index (χ3v) is 4.98. The monoisotopic (exact) mass is 297 g/mol.